The Bertz CT molecular complexity index is 1730. The van der Waals surface area contributed by atoms with E-state index in [1.165, 1.54) is 18.2 Å². The summed E-state index contributed by atoms with van der Waals surface area (Å²) in [5.41, 5.74) is 1.64. The normalized spacial score (nSPS) is 18.7. The number of aromatic nitrogens is 4. The molecule has 2 amide bonds. The number of amides is 2. The maximum absolute atomic E-state index is 14.3. The molecular formula is C36H44FN7O5. The molecule has 3 aromatic rings. The minimum absolute atomic E-state index is 0.00126. The van der Waals surface area contributed by atoms with Crippen LogP contribution in [0.5, 0.6) is 17.5 Å². The van der Waals surface area contributed by atoms with Crippen molar-refractivity contribution < 1.29 is 28.2 Å². The summed E-state index contributed by atoms with van der Waals surface area (Å²) < 4.78 is 32.4. The molecule has 12 nitrogen and oxygen atoms in total. The molecule has 2 aromatic heterocycles. The van der Waals surface area contributed by atoms with Crippen molar-refractivity contribution in [3.63, 3.8) is 0 Å². The van der Waals surface area contributed by atoms with Gasteiger partial charge in [0.25, 0.3) is 5.91 Å². The Kier molecular flexibility index (Phi) is 8.56. The van der Waals surface area contributed by atoms with Crippen molar-refractivity contribution in [3.8, 4) is 17.5 Å². The van der Waals surface area contributed by atoms with Gasteiger partial charge in [0.15, 0.2) is 5.82 Å². The van der Waals surface area contributed by atoms with Crippen LogP contribution in [0.15, 0.2) is 36.7 Å². The highest BCUT2D eigenvalue weighted by atomic mass is 19.1. The highest BCUT2D eigenvalue weighted by Crippen LogP contribution is 2.51. The molecule has 3 fully saturated rings. The number of pyridine rings is 1. The second-order valence-corrected chi connectivity index (χ2v) is 15.1. The molecule has 4 aliphatic rings. The van der Waals surface area contributed by atoms with Crippen LogP contribution in [0, 0.1) is 11.2 Å². The van der Waals surface area contributed by atoms with Gasteiger partial charge in [-0.1, -0.05) is 5.10 Å². The fraction of sp³-hybridized carbons (Fsp3) is 0.556. The van der Waals surface area contributed by atoms with Gasteiger partial charge in [-0.3, -0.25) is 9.78 Å². The lowest BCUT2D eigenvalue weighted by molar-refractivity contribution is -0.0351. The summed E-state index contributed by atoms with van der Waals surface area (Å²) in [6.45, 7) is 12.1. The van der Waals surface area contributed by atoms with Crippen LogP contribution in [0.1, 0.15) is 88.3 Å². The molecule has 7 rings (SSSR count). The molecule has 4 heterocycles. The van der Waals surface area contributed by atoms with E-state index >= 15 is 0 Å². The number of carbonyl (C=O) groups is 2. The van der Waals surface area contributed by atoms with Crippen LogP contribution in [-0.4, -0.2) is 85.4 Å². The van der Waals surface area contributed by atoms with Crippen LogP contribution in [-0.2, 0) is 17.7 Å². The Balaban J connectivity index is 0.952. The zero-order chi connectivity index (χ0) is 34.5. The first-order valence-corrected chi connectivity index (χ1v) is 17.2. The van der Waals surface area contributed by atoms with Crippen LogP contribution in [0.25, 0.3) is 0 Å². The molecule has 0 atom stereocenters. The minimum Gasteiger partial charge on any atom is -0.490 e. The van der Waals surface area contributed by atoms with Gasteiger partial charge in [0.2, 0.25) is 0 Å². The fourth-order valence-electron chi connectivity index (χ4n) is 7.33. The van der Waals surface area contributed by atoms with Crippen molar-refractivity contribution in [2.24, 2.45) is 5.41 Å². The highest BCUT2D eigenvalue weighted by Gasteiger charge is 2.54. The van der Waals surface area contributed by atoms with Crippen molar-refractivity contribution in [2.45, 2.75) is 103 Å². The number of anilines is 1. The van der Waals surface area contributed by atoms with Crippen LogP contribution in [0.4, 0.5) is 15.0 Å². The second kappa shape index (κ2) is 12.7. The lowest BCUT2D eigenvalue weighted by Crippen LogP contribution is -2.65. The third-order valence-electron chi connectivity index (χ3n) is 9.88. The van der Waals surface area contributed by atoms with Crippen molar-refractivity contribution in [1.29, 1.82) is 0 Å². The minimum atomic E-state index is -0.548. The maximum Gasteiger partial charge on any atom is 0.410 e. The fourth-order valence-corrected chi connectivity index (χ4v) is 7.33. The monoisotopic (exact) mass is 673 g/mol. The molecule has 49 heavy (non-hydrogen) atoms. The summed E-state index contributed by atoms with van der Waals surface area (Å²) in [4.78, 5) is 41.0. The summed E-state index contributed by atoms with van der Waals surface area (Å²) in [6.07, 6.45) is 8.58. The number of rotatable bonds is 8. The van der Waals surface area contributed by atoms with E-state index in [2.05, 4.69) is 25.1 Å². The van der Waals surface area contributed by atoms with Gasteiger partial charge in [-0.2, -0.15) is 10.1 Å². The Morgan fingerprint density at radius 2 is 1.88 bits per heavy atom. The average molecular weight is 674 g/mol. The first-order valence-electron chi connectivity index (χ1n) is 17.2. The van der Waals surface area contributed by atoms with Gasteiger partial charge in [-0.25, -0.2) is 9.18 Å². The number of benzene rings is 1. The van der Waals surface area contributed by atoms with Crippen molar-refractivity contribution in [2.75, 3.05) is 24.5 Å². The zero-order valence-corrected chi connectivity index (χ0v) is 28.8. The highest BCUT2D eigenvalue weighted by molar-refractivity contribution is 5.97. The number of nitrogens with zero attached hydrogens (tertiary/aromatic N) is 7. The molecule has 0 N–H and O–H groups in total. The number of hydrogen-bond donors (Lipinski definition) is 0. The lowest BCUT2D eigenvalue weighted by atomic mass is 9.62. The molecule has 2 aliphatic heterocycles. The third kappa shape index (κ3) is 6.84. The van der Waals surface area contributed by atoms with Crippen LogP contribution in [0.2, 0.25) is 0 Å². The number of hydrogen-bond acceptors (Lipinski definition) is 10. The second-order valence-electron chi connectivity index (χ2n) is 15.1. The van der Waals surface area contributed by atoms with E-state index in [0.717, 1.165) is 62.2 Å². The predicted octanol–water partition coefficient (Wildman–Crippen LogP) is 5.94. The number of carbonyl (C=O) groups excluding carboxylic acids is 2. The van der Waals surface area contributed by atoms with E-state index in [1.54, 1.807) is 17.3 Å². The van der Waals surface area contributed by atoms with Gasteiger partial charge in [-0.05, 0) is 97.4 Å². The molecule has 2 aliphatic carbocycles. The number of fused-ring (bicyclic) bond motifs is 1. The summed E-state index contributed by atoms with van der Waals surface area (Å²) in [5, 5.41) is 8.17. The van der Waals surface area contributed by atoms with E-state index in [1.807, 2.05) is 45.6 Å². The number of halogens is 1. The molecule has 0 bridgehead atoms. The first-order chi connectivity index (χ1) is 23.4. The standard InChI is InChI=1S/C36H44FN7O5/c1-22(2)44(24-7-6-8-24)32(45)27-15-23(37)9-10-29(27)48-33-40-31(18-39-41-33)43-20-36(21-43)16-25(17-36)47-30-11-13-38-28-19-42(14-12-26(28)30)34(46)49-35(3,4)5/h9-11,13,15,18,22,24-25H,6-8,12,14,16-17,19-21H2,1-5H3. The molecule has 0 unspecified atom stereocenters. The van der Waals surface area contributed by atoms with Gasteiger partial charge in [0.05, 0.1) is 24.0 Å². The maximum atomic E-state index is 14.3. The topological polar surface area (TPSA) is 123 Å². The third-order valence-corrected chi connectivity index (χ3v) is 9.88. The Labute approximate surface area is 286 Å². The van der Waals surface area contributed by atoms with Crippen LogP contribution in [0.3, 0.4) is 0 Å². The molecule has 1 aromatic carbocycles. The molecule has 260 valence electrons. The molecule has 2 saturated carbocycles. The quantitative estimate of drug-likeness (QED) is 0.284. The van der Waals surface area contributed by atoms with Crippen LogP contribution < -0.4 is 14.4 Å². The van der Waals surface area contributed by atoms with E-state index in [4.69, 9.17) is 14.2 Å². The van der Waals surface area contributed by atoms with Gasteiger partial charge in [0.1, 0.15) is 29.0 Å². The van der Waals surface area contributed by atoms with Crippen molar-refractivity contribution in [3.05, 3.63) is 59.3 Å². The summed E-state index contributed by atoms with van der Waals surface area (Å²) in [5.74, 6) is 0.897. The van der Waals surface area contributed by atoms with Crippen molar-refractivity contribution in [1.82, 2.24) is 30.0 Å². The molecule has 13 heteroatoms. The first kappa shape index (κ1) is 33.0. The summed E-state index contributed by atoms with van der Waals surface area (Å²) in [7, 11) is 0. The zero-order valence-electron chi connectivity index (χ0n) is 28.8. The van der Waals surface area contributed by atoms with Crippen LogP contribution >= 0.6 is 0 Å². The molecule has 1 saturated heterocycles. The molecule has 0 radical (unpaired) electrons. The average Bonchev–Trinajstić information content (AvgIpc) is 2.98. The largest absolute Gasteiger partial charge is 0.490 e. The van der Waals surface area contributed by atoms with Crippen molar-refractivity contribution >= 4 is 17.8 Å². The summed E-state index contributed by atoms with van der Waals surface area (Å²) >= 11 is 0. The smallest absolute Gasteiger partial charge is 0.410 e. The van der Waals surface area contributed by atoms with Gasteiger partial charge >= 0.3 is 12.1 Å². The van der Waals surface area contributed by atoms with Gasteiger partial charge < -0.3 is 28.9 Å². The Morgan fingerprint density at radius 3 is 2.57 bits per heavy atom. The Morgan fingerprint density at radius 1 is 1.10 bits per heavy atom. The number of ether oxygens (including phenoxy) is 3. The SMILES string of the molecule is CC(C)N(C(=O)c1cc(F)ccc1Oc1nncc(N2CC3(CC(Oc4ccnc5c4CCN(C(=O)OC(C)(C)C)C5)C3)C2)n1)C1CCC1. The van der Waals surface area contributed by atoms with Gasteiger partial charge in [0, 0.05) is 48.9 Å². The lowest BCUT2D eigenvalue weighted by Gasteiger charge is -2.58. The van der Waals surface area contributed by atoms with Gasteiger partial charge in [-0.15, -0.1) is 0 Å². The molecular weight excluding hydrogens is 629 g/mol. The van der Waals surface area contributed by atoms with E-state index in [-0.39, 0.29) is 52.9 Å². The Hall–Kier alpha value is -4.55. The van der Waals surface area contributed by atoms with E-state index in [0.29, 0.717) is 25.3 Å². The molecule has 1 spiro atoms. The van der Waals surface area contributed by atoms with E-state index < -0.39 is 11.4 Å². The van der Waals surface area contributed by atoms with E-state index in [9.17, 15) is 14.0 Å². The predicted molar refractivity (Wildman–Crippen MR) is 178 cm³/mol. The summed E-state index contributed by atoms with van der Waals surface area (Å²) in [6, 6.07) is 5.97.